The van der Waals surface area contributed by atoms with E-state index in [2.05, 4.69) is 26.2 Å². The predicted molar refractivity (Wildman–Crippen MR) is 87.0 cm³/mol. The van der Waals surface area contributed by atoms with Crippen LogP contribution in [0.5, 0.6) is 11.5 Å². The number of pyridine rings is 1. The largest absolute Gasteiger partial charge is 0.493 e. The Labute approximate surface area is 137 Å². The maximum Gasteiger partial charge on any atom is 0.175 e. The highest BCUT2D eigenvalue weighted by Crippen LogP contribution is 2.37. The third kappa shape index (κ3) is 4.09. The van der Waals surface area contributed by atoms with E-state index >= 15 is 0 Å². The minimum absolute atomic E-state index is 0.349. The van der Waals surface area contributed by atoms with E-state index in [1.807, 2.05) is 25.2 Å². The summed E-state index contributed by atoms with van der Waals surface area (Å²) in [5.41, 5.74) is 1.98. The Kier molecular flexibility index (Phi) is 5.85. The van der Waals surface area contributed by atoms with E-state index in [-0.39, 0.29) is 0 Å². The molecule has 2 rings (SSSR count). The lowest BCUT2D eigenvalue weighted by Crippen LogP contribution is -2.06. The second-order valence-corrected chi connectivity index (χ2v) is 5.66. The number of nitrogens with zero attached hydrogens (tertiary/aromatic N) is 1. The molecule has 1 aromatic carbocycles. The molecule has 2 aromatic rings. The first-order valence-electron chi connectivity index (χ1n) is 6.38. The second-order valence-electron chi connectivity index (χ2n) is 4.40. The molecule has 1 N–H and O–H groups in total. The first-order valence-corrected chi connectivity index (χ1v) is 7.55. The molecule has 0 saturated heterocycles. The van der Waals surface area contributed by atoms with Crippen LogP contribution in [0.3, 0.4) is 0 Å². The van der Waals surface area contributed by atoms with Crippen molar-refractivity contribution in [2.45, 2.75) is 13.2 Å². The van der Waals surface area contributed by atoms with Gasteiger partial charge in [-0.15, -0.1) is 0 Å². The van der Waals surface area contributed by atoms with E-state index in [1.165, 1.54) is 0 Å². The van der Waals surface area contributed by atoms with Crippen LogP contribution >= 0.6 is 27.5 Å². The molecule has 1 aromatic heterocycles. The van der Waals surface area contributed by atoms with Gasteiger partial charge in [-0.3, -0.25) is 4.98 Å². The average Bonchev–Trinajstić information content (AvgIpc) is 2.47. The highest BCUT2D eigenvalue weighted by atomic mass is 79.9. The summed E-state index contributed by atoms with van der Waals surface area (Å²) >= 11 is 9.60. The number of benzene rings is 1. The Morgan fingerprint density at radius 3 is 2.86 bits per heavy atom. The number of nitrogens with one attached hydrogen (secondary N) is 1. The number of rotatable bonds is 6. The lowest BCUT2D eigenvalue weighted by atomic mass is 10.2. The Morgan fingerprint density at radius 1 is 1.38 bits per heavy atom. The molecule has 0 amide bonds. The Bertz CT molecular complexity index is 623. The number of halogens is 2. The predicted octanol–water partition coefficient (Wildman–Crippen LogP) is 3.80. The maximum absolute atomic E-state index is 6.08. The number of hydrogen-bond acceptors (Lipinski definition) is 4. The van der Waals surface area contributed by atoms with Gasteiger partial charge in [0.15, 0.2) is 11.5 Å². The average molecular weight is 372 g/mol. The molecule has 4 nitrogen and oxygen atoms in total. The third-order valence-corrected chi connectivity index (χ3v) is 3.83. The second kappa shape index (κ2) is 7.64. The van der Waals surface area contributed by atoms with Gasteiger partial charge in [0.25, 0.3) is 0 Å². The normalized spacial score (nSPS) is 10.5. The van der Waals surface area contributed by atoms with Crippen LogP contribution in [0.15, 0.2) is 35.1 Å². The first kappa shape index (κ1) is 16.1. The molecule has 0 unspecified atom stereocenters. The van der Waals surface area contributed by atoms with Crippen molar-refractivity contribution in [3.63, 3.8) is 0 Å². The van der Waals surface area contributed by atoms with Crippen LogP contribution in [0.1, 0.15) is 11.1 Å². The van der Waals surface area contributed by atoms with Crippen LogP contribution in [0, 0.1) is 0 Å². The summed E-state index contributed by atoms with van der Waals surface area (Å²) in [6, 6.07) is 5.78. The lowest BCUT2D eigenvalue weighted by molar-refractivity contribution is 0.282. The van der Waals surface area contributed by atoms with Gasteiger partial charge in [0.2, 0.25) is 0 Å². The highest BCUT2D eigenvalue weighted by molar-refractivity contribution is 9.10. The molecule has 0 fully saturated rings. The molecule has 0 bridgehead atoms. The molecule has 0 saturated carbocycles. The smallest absolute Gasteiger partial charge is 0.175 e. The van der Waals surface area contributed by atoms with Crippen molar-refractivity contribution in [1.82, 2.24) is 10.3 Å². The highest BCUT2D eigenvalue weighted by Gasteiger charge is 2.12. The van der Waals surface area contributed by atoms with Gasteiger partial charge in [-0.05, 0) is 46.7 Å². The number of ether oxygens (including phenoxy) is 2. The minimum Gasteiger partial charge on any atom is -0.493 e. The Balaban J connectivity index is 2.21. The molecular weight excluding hydrogens is 356 g/mol. The van der Waals surface area contributed by atoms with Crippen molar-refractivity contribution in [3.8, 4) is 11.5 Å². The van der Waals surface area contributed by atoms with E-state index < -0.39 is 0 Å². The van der Waals surface area contributed by atoms with Crippen molar-refractivity contribution in [3.05, 3.63) is 51.2 Å². The molecule has 21 heavy (non-hydrogen) atoms. The van der Waals surface area contributed by atoms with Gasteiger partial charge in [-0.25, -0.2) is 0 Å². The zero-order valence-corrected chi connectivity index (χ0v) is 14.2. The van der Waals surface area contributed by atoms with Crippen molar-refractivity contribution in [2.75, 3.05) is 14.2 Å². The quantitative estimate of drug-likeness (QED) is 0.838. The van der Waals surface area contributed by atoms with Crippen molar-refractivity contribution < 1.29 is 9.47 Å². The summed E-state index contributed by atoms with van der Waals surface area (Å²) in [6.07, 6.45) is 3.29. The Morgan fingerprint density at radius 2 is 2.19 bits per heavy atom. The van der Waals surface area contributed by atoms with Gasteiger partial charge in [0.1, 0.15) is 6.61 Å². The molecule has 0 spiro atoms. The van der Waals surface area contributed by atoms with Crippen LogP contribution in [0.25, 0.3) is 0 Å². The van der Waals surface area contributed by atoms with E-state index in [0.717, 1.165) is 22.1 Å². The summed E-state index contributed by atoms with van der Waals surface area (Å²) in [7, 11) is 3.52. The summed E-state index contributed by atoms with van der Waals surface area (Å²) in [5.74, 6) is 1.34. The van der Waals surface area contributed by atoms with E-state index in [9.17, 15) is 0 Å². The molecule has 112 valence electrons. The zero-order chi connectivity index (χ0) is 15.2. The summed E-state index contributed by atoms with van der Waals surface area (Å²) in [5, 5.41) is 3.69. The van der Waals surface area contributed by atoms with Gasteiger partial charge in [-0.2, -0.15) is 0 Å². The molecule has 0 aliphatic carbocycles. The minimum atomic E-state index is 0.349. The van der Waals surface area contributed by atoms with Gasteiger partial charge in [-0.1, -0.05) is 11.6 Å². The first-order chi connectivity index (χ1) is 10.2. The molecule has 0 aliphatic rings. The van der Waals surface area contributed by atoms with Gasteiger partial charge >= 0.3 is 0 Å². The molecule has 0 aliphatic heterocycles. The Hall–Kier alpha value is -1.30. The standard InChI is InChI=1S/C15H16BrClN2O2/c1-18-7-10-5-12(16)15(14(6-10)20-2)21-9-11-3-4-19-8-13(11)17/h3-6,8,18H,7,9H2,1-2H3. The van der Waals surface area contributed by atoms with Crippen LogP contribution in [0.2, 0.25) is 5.02 Å². The fraction of sp³-hybridized carbons (Fsp3) is 0.267. The number of methoxy groups -OCH3 is 1. The molecule has 1 heterocycles. The van der Waals surface area contributed by atoms with Crippen LogP contribution in [0.4, 0.5) is 0 Å². The fourth-order valence-electron chi connectivity index (χ4n) is 1.89. The monoisotopic (exact) mass is 370 g/mol. The molecule has 0 radical (unpaired) electrons. The summed E-state index contributed by atoms with van der Waals surface area (Å²) in [6.45, 7) is 1.10. The zero-order valence-electron chi connectivity index (χ0n) is 11.8. The lowest BCUT2D eigenvalue weighted by Gasteiger charge is -2.15. The fourth-order valence-corrected chi connectivity index (χ4v) is 2.67. The molecule has 0 atom stereocenters. The van der Waals surface area contributed by atoms with Crippen molar-refractivity contribution in [1.29, 1.82) is 0 Å². The van der Waals surface area contributed by atoms with Gasteiger partial charge < -0.3 is 14.8 Å². The summed E-state index contributed by atoms with van der Waals surface area (Å²) in [4.78, 5) is 3.95. The SMILES string of the molecule is CNCc1cc(Br)c(OCc2ccncc2Cl)c(OC)c1. The van der Waals surface area contributed by atoms with Crippen molar-refractivity contribution >= 4 is 27.5 Å². The van der Waals surface area contributed by atoms with E-state index in [4.69, 9.17) is 21.1 Å². The van der Waals surface area contributed by atoms with Crippen LogP contribution in [-0.4, -0.2) is 19.1 Å². The molecular formula is C15H16BrClN2O2. The van der Waals surface area contributed by atoms with E-state index in [0.29, 0.717) is 23.1 Å². The van der Waals surface area contributed by atoms with Crippen LogP contribution < -0.4 is 14.8 Å². The maximum atomic E-state index is 6.08. The number of hydrogen-bond donors (Lipinski definition) is 1. The van der Waals surface area contributed by atoms with Gasteiger partial charge in [0.05, 0.1) is 16.6 Å². The number of aromatic nitrogens is 1. The molecule has 6 heteroatoms. The van der Waals surface area contributed by atoms with Crippen molar-refractivity contribution in [2.24, 2.45) is 0 Å². The van der Waals surface area contributed by atoms with E-state index in [1.54, 1.807) is 19.5 Å². The topological polar surface area (TPSA) is 43.4 Å². The third-order valence-electron chi connectivity index (χ3n) is 2.90. The van der Waals surface area contributed by atoms with Gasteiger partial charge in [0, 0.05) is 24.5 Å². The summed E-state index contributed by atoms with van der Waals surface area (Å²) < 4.78 is 12.1. The van der Waals surface area contributed by atoms with Crippen LogP contribution in [-0.2, 0) is 13.2 Å².